The number of benzene rings is 1. The third-order valence-electron chi connectivity index (χ3n) is 2.33. The van der Waals surface area contributed by atoms with Gasteiger partial charge in [0, 0.05) is 0 Å². The van der Waals surface area contributed by atoms with Gasteiger partial charge in [-0.05, 0) is 18.9 Å². The number of carbonyl (C=O) groups is 2. The molecule has 17 heavy (non-hydrogen) atoms. The van der Waals surface area contributed by atoms with Gasteiger partial charge < -0.3 is 10.2 Å². The van der Waals surface area contributed by atoms with Gasteiger partial charge in [-0.15, -0.1) is 0 Å². The molecule has 4 nitrogen and oxygen atoms in total. The zero-order chi connectivity index (χ0) is 12.8. The van der Waals surface area contributed by atoms with Crippen molar-refractivity contribution in [1.29, 1.82) is 0 Å². The van der Waals surface area contributed by atoms with Crippen LogP contribution >= 0.6 is 0 Å². The molecular formula is C13H14O4. The van der Waals surface area contributed by atoms with Crippen LogP contribution in [0.2, 0.25) is 0 Å². The molecule has 0 aliphatic heterocycles. The minimum atomic E-state index is -1.38. The van der Waals surface area contributed by atoms with Crippen molar-refractivity contribution in [2.45, 2.75) is 13.3 Å². The topological polar surface area (TPSA) is 74.6 Å². The Balaban J connectivity index is 2.77. The molecule has 0 amide bonds. The summed E-state index contributed by atoms with van der Waals surface area (Å²) < 4.78 is 0. The summed E-state index contributed by atoms with van der Waals surface area (Å²) in [5.41, 5.74) is 1.66. The standard InChI is InChI=1S/C13H14O4/c1-9(7-10-5-3-2-4-6-10)8-11(12(14)15)13(16)17/h2-7,11H,8H2,1H3,(H,14,15)(H,16,17)/b9-7+. The zero-order valence-electron chi connectivity index (χ0n) is 9.46. The van der Waals surface area contributed by atoms with Crippen molar-refractivity contribution in [2.24, 2.45) is 5.92 Å². The molecule has 1 aromatic carbocycles. The number of rotatable bonds is 5. The fourth-order valence-corrected chi connectivity index (χ4v) is 1.49. The van der Waals surface area contributed by atoms with E-state index in [4.69, 9.17) is 10.2 Å². The summed E-state index contributed by atoms with van der Waals surface area (Å²) in [6.45, 7) is 1.73. The highest BCUT2D eigenvalue weighted by molar-refractivity contribution is 5.93. The van der Waals surface area contributed by atoms with Crippen LogP contribution in [0.3, 0.4) is 0 Å². The van der Waals surface area contributed by atoms with Crippen LogP contribution in [0.4, 0.5) is 0 Å². The molecule has 1 rings (SSSR count). The van der Waals surface area contributed by atoms with Crippen LogP contribution in [0, 0.1) is 5.92 Å². The van der Waals surface area contributed by atoms with E-state index in [1.807, 2.05) is 30.3 Å². The van der Waals surface area contributed by atoms with Gasteiger partial charge in [-0.3, -0.25) is 9.59 Å². The molecule has 0 aliphatic carbocycles. The van der Waals surface area contributed by atoms with Crippen LogP contribution in [0.15, 0.2) is 35.9 Å². The average Bonchev–Trinajstić information content (AvgIpc) is 2.26. The Bertz CT molecular complexity index is 420. The second-order valence-electron chi connectivity index (χ2n) is 3.83. The molecule has 90 valence electrons. The van der Waals surface area contributed by atoms with Crippen molar-refractivity contribution < 1.29 is 19.8 Å². The van der Waals surface area contributed by atoms with E-state index in [9.17, 15) is 9.59 Å². The number of hydrogen-bond donors (Lipinski definition) is 2. The van der Waals surface area contributed by atoms with Crippen molar-refractivity contribution in [3.63, 3.8) is 0 Å². The van der Waals surface area contributed by atoms with Crippen LogP contribution in [0.1, 0.15) is 18.9 Å². The zero-order valence-corrected chi connectivity index (χ0v) is 9.46. The summed E-state index contributed by atoms with van der Waals surface area (Å²) in [4.78, 5) is 21.4. The molecule has 0 bridgehead atoms. The summed E-state index contributed by atoms with van der Waals surface area (Å²) in [6.07, 6.45) is 1.80. The van der Waals surface area contributed by atoms with Crippen molar-refractivity contribution >= 4 is 18.0 Å². The molecule has 0 unspecified atom stereocenters. The second kappa shape index (κ2) is 5.84. The maximum Gasteiger partial charge on any atom is 0.318 e. The Morgan fingerprint density at radius 3 is 2.18 bits per heavy atom. The molecular weight excluding hydrogens is 220 g/mol. The number of hydrogen-bond acceptors (Lipinski definition) is 2. The predicted octanol–water partition coefficient (Wildman–Crippen LogP) is 2.27. The summed E-state index contributed by atoms with van der Waals surface area (Å²) in [5, 5.41) is 17.5. The molecule has 0 fully saturated rings. The van der Waals surface area contributed by atoms with E-state index >= 15 is 0 Å². The number of carboxylic acid groups (broad SMARTS) is 2. The Morgan fingerprint density at radius 2 is 1.71 bits per heavy atom. The second-order valence-corrected chi connectivity index (χ2v) is 3.83. The van der Waals surface area contributed by atoms with E-state index in [-0.39, 0.29) is 6.42 Å². The highest BCUT2D eigenvalue weighted by atomic mass is 16.4. The van der Waals surface area contributed by atoms with Crippen molar-refractivity contribution in [3.8, 4) is 0 Å². The van der Waals surface area contributed by atoms with Gasteiger partial charge in [-0.2, -0.15) is 0 Å². The first-order valence-electron chi connectivity index (χ1n) is 5.18. The predicted molar refractivity (Wildman–Crippen MR) is 63.5 cm³/mol. The molecule has 0 aromatic heterocycles. The van der Waals surface area contributed by atoms with E-state index in [1.54, 1.807) is 13.0 Å². The number of carboxylic acids is 2. The van der Waals surface area contributed by atoms with Crippen LogP contribution < -0.4 is 0 Å². The SMILES string of the molecule is C/C(=C\c1ccccc1)CC(C(=O)O)C(=O)O. The molecule has 0 heterocycles. The van der Waals surface area contributed by atoms with Crippen molar-refractivity contribution in [2.75, 3.05) is 0 Å². The fraction of sp³-hybridized carbons (Fsp3) is 0.231. The average molecular weight is 234 g/mol. The highest BCUT2D eigenvalue weighted by Crippen LogP contribution is 2.15. The van der Waals surface area contributed by atoms with E-state index in [0.717, 1.165) is 11.1 Å². The highest BCUT2D eigenvalue weighted by Gasteiger charge is 2.25. The Labute approximate surface area is 99.2 Å². The lowest BCUT2D eigenvalue weighted by atomic mass is 9.99. The summed E-state index contributed by atoms with van der Waals surface area (Å²) in [7, 11) is 0. The third kappa shape index (κ3) is 4.10. The molecule has 0 aliphatic rings. The molecule has 0 radical (unpaired) electrons. The van der Waals surface area contributed by atoms with Gasteiger partial charge in [-0.1, -0.05) is 42.0 Å². The van der Waals surface area contributed by atoms with Crippen LogP contribution in [0.25, 0.3) is 6.08 Å². The molecule has 2 N–H and O–H groups in total. The van der Waals surface area contributed by atoms with Crippen LogP contribution in [-0.4, -0.2) is 22.2 Å². The summed E-state index contributed by atoms with van der Waals surface area (Å²) in [5.74, 6) is -3.99. The molecule has 0 spiro atoms. The summed E-state index contributed by atoms with van der Waals surface area (Å²) in [6, 6.07) is 9.36. The first kappa shape index (κ1) is 13.0. The van der Waals surface area contributed by atoms with Gasteiger partial charge >= 0.3 is 11.9 Å². The normalized spacial score (nSPS) is 11.5. The lowest BCUT2D eigenvalue weighted by Gasteiger charge is -2.07. The Kier molecular flexibility index (Phi) is 4.46. The maximum absolute atomic E-state index is 10.7. The monoisotopic (exact) mass is 234 g/mol. The molecule has 4 heteroatoms. The van der Waals surface area contributed by atoms with Crippen LogP contribution in [0.5, 0.6) is 0 Å². The minimum Gasteiger partial charge on any atom is -0.481 e. The molecule has 0 saturated heterocycles. The van der Waals surface area contributed by atoms with Gasteiger partial charge in [0.15, 0.2) is 5.92 Å². The van der Waals surface area contributed by atoms with Crippen LogP contribution in [-0.2, 0) is 9.59 Å². The first-order chi connectivity index (χ1) is 8.00. The maximum atomic E-state index is 10.7. The largest absolute Gasteiger partial charge is 0.481 e. The van der Waals surface area contributed by atoms with Gasteiger partial charge in [-0.25, -0.2) is 0 Å². The van der Waals surface area contributed by atoms with Gasteiger partial charge in [0.1, 0.15) is 0 Å². The van der Waals surface area contributed by atoms with E-state index in [1.165, 1.54) is 0 Å². The first-order valence-corrected chi connectivity index (χ1v) is 5.18. The summed E-state index contributed by atoms with van der Waals surface area (Å²) >= 11 is 0. The molecule has 0 atom stereocenters. The van der Waals surface area contributed by atoms with Crippen molar-refractivity contribution in [1.82, 2.24) is 0 Å². The minimum absolute atomic E-state index is 0.0135. The Hall–Kier alpha value is -2.10. The van der Waals surface area contributed by atoms with E-state index in [2.05, 4.69) is 0 Å². The van der Waals surface area contributed by atoms with Gasteiger partial charge in [0.25, 0.3) is 0 Å². The quantitative estimate of drug-likeness (QED) is 0.766. The fourth-order valence-electron chi connectivity index (χ4n) is 1.49. The third-order valence-corrected chi connectivity index (χ3v) is 2.33. The number of allylic oxidation sites excluding steroid dienone is 1. The van der Waals surface area contributed by atoms with E-state index < -0.39 is 17.9 Å². The van der Waals surface area contributed by atoms with Gasteiger partial charge in [0.2, 0.25) is 0 Å². The smallest absolute Gasteiger partial charge is 0.318 e. The van der Waals surface area contributed by atoms with Gasteiger partial charge in [0.05, 0.1) is 0 Å². The van der Waals surface area contributed by atoms with E-state index in [0.29, 0.717) is 0 Å². The molecule has 0 saturated carbocycles. The number of aliphatic carboxylic acids is 2. The lowest BCUT2D eigenvalue weighted by Crippen LogP contribution is -2.23. The van der Waals surface area contributed by atoms with Crippen molar-refractivity contribution in [3.05, 3.63) is 41.5 Å². The Morgan fingerprint density at radius 1 is 1.18 bits per heavy atom. The lowest BCUT2D eigenvalue weighted by molar-refractivity contribution is -0.154. The molecule has 1 aromatic rings.